The highest BCUT2D eigenvalue weighted by Crippen LogP contribution is 2.34. The SMILES string of the molecule is O=C(c1ccc2c(c1)OCO2)N(CC1CC1)C[C@H]1CN(C[C@@H](O)COc2ccccc2)CCO1. The van der Waals surface area contributed by atoms with Gasteiger partial charge < -0.3 is 29.0 Å². The van der Waals surface area contributed by atoms with Crippen LogP contribution in [0, 0.1) is 5.92 Å². The lowest BCUT2D eigenvalue weighted by atomic mass is 10.1. The van der Waals surface area contributed by atoms with E-state index in [0.717, 1.165) is 31.7 Å². The molecule has 0 bridgehead atoms. The van der Waals surface area contributed by atoms with Crippen molar-refractivity contribution < 1.29 is 28.8 Å². The van der Waals surface area contributed by atoms with Crippen LogP contribution < -0.4 is 14.2 Å². The standard InChI is InChI=1S/C26H32N2O6/c29-21(17-32-22-4-2-1-3-5-22)14-27-10-11-31-23(15-27)16-28(13-19-6-7-19)26(30)20-8-9-24-25(12-20)34-18-33-24/h1-5,8-9,12,19,21,23,29H,6-7,10-11,13-18H2/t21-,23-/m1/s1. The Kier molecular flexibility index (Phi) is 7.18. The molecule has 1 N–H and O–H groups in total. The van der Waals surface area contributed by atoms with Crippen molar-refractivity contribution in [1.29, 1.82) is 0 Å². The lowest BCUT2D eigenvalue weighted by Crippen LogP contribution is -2.51. The van der Waals surface area contributed by atoms with Gasteiger partial charge in [-0.1, -0.05) is 18.2 Å². The molecular weight excluding hydrogens is 436 g/mol. The van der Waals surface area contributed by atoms with E-state index in [1.54, 1.807) is 18.2 Å². The number of para-hydroxylation sites is 1. The van der Waals surface area contributed by atoms with Crippen molar-refractivity contribution in [3.05, 3.63) is 54.1 Å². The summed E-state index contributed by atoms with van der Waals surface area (Å²) in [6, 6.07) is 14.9. The monoisotopic (exact) mass is 468 g/mol. The third-order valence-corrected chi connectivity index (χ3v) is 6.38. The van der Waals surface area contributed by atoms with Gasteiger partial charge in [0.2, 0.25) is 6.79 Å². The first-order valence-corrected chi connectivity index (χ1v) is 12.0. The zero-order valence-corrected chi connectivity index (χ0v) is 19.3. The zero-order valence-electron chi connectivity index (χ0n) is 19.3. The van der Waals surface area contributed by atoms with E-state index in [0.29, 0.717) is 49.2 Å². The summed E-state index contributed by atoms with van der Waals surface area (Å²) in [6.45, 7) is 4.18. The number of benzene rings is 2. The van der Waals surface area contributed by atoms with Crippen molar-refractivity contribution in [2.24, 2.45) is 5.92 Å². The summed E-state index contributed by atoms with van der Waals surface area (Å²) in [7, 11) is 0. The molecule has 1 saturated heterocycles. The quantitative estimate of drug-likeness (QED) is 0.574. The molecule has 182 valence electrons. The number of carbonyl (C=O) groups excluding carboxylic acids is 1. The van der Waals surface area contributed by atoms with Gasteiger partial charge in [0.1, 0.15) is 18.5 Å². The Hall–Kier alpha value is -2.81. The van der Waals surface area contributed by atoms with Crippen molar-refractivity contribution >= 4 is 5.91 Å². The van der Waals surface area contributed by atoms with Crippen molar-refractivity contribution in [2.75, 3.05) is 52.7 Å². The maximum absolute atomic E-state index is 13.4. The number of fused-ring (bicyclic) bond motifs is 1. The van der Waals surface area contributed by atoms with Crippen LogP contribution in [0.5, 0.6) is 17.2 Å². The lowest BCUT2D eigenvalue weighted by Gasteiger charge is -2.36. The molecule has 0 unspecified atom stereocenters. The van der Waals surface area contributed by atoms with Gasteiger partial charge in [0.05, 0.1) is 12.7 Å². The molecule has 2 atom stereocenters. The first kappa shape index (κ1) is 23.0. The molecule has 8 nitrogen and oxygen atoms in total. The summed E-state index contributed by atoms with van der Waals surface area (Å²) in [5, 5.41) is 10.5. The molecule has 34 heavy (non-hydrogen) atoms. The molecule has 2 fully saturated rings. The number of hydrogen-bond donors (Lipinski definition) is 1. The largest absolute Gasteiger partial charge is 0.491 e. The summed E-state index contributed by atoms with van der Waals surface area (Å²) >= 11 is 0. The molecule has 5 rings (SSSR count). The van der Waals surface area contributed by atoms with Crippen LogP contribution in [0.2, 0.25) is 0 Å². The third-order valence-electron chi connectivity index (χ3n) is 6.38. The average Bonchev–Trinajstić information content (AvgIpc) is 3.55. The van der Waals surface area contributed by atoms with Gasteiger partial charge in [-0.2, -0.15) is 0 Å². The molecule has 0 spiro atoms. The number of carbonyl (C=O) groups is 1. The maximum Gasteiger partial charge on any atom is 0.254 e. The van der Waals surface area contributed by atoms with Crippen LogP contribution in [0.15, 0.2) is 48.5 Å². The Balaban J connectivity index is 1.16. The first-order valence-electron chi connectivity index (χ1n) is 12.0. The first-order chi connectivity index (χ1) is 16.6. The molecule has 1 aliphatic carbocycles. The fourth-order valence-electron chi connectivity index (χ4n) is 4.43. The highest BCUT2D eigenvalue weighted by Gasteiger charge is 2.31. The van der Waals surface area contributed by atoms with Crippen LogP contribution >= 0.6 is 0 Å². The van der Waals surface area contributed by atoms with E-state index >= 15 is 0 Å². The van der Waals surface area contributed by atoms with E-state index in [9.17, 15) is 9.90 Å². The Morgan fingerprint density at radius 1 is 1.12 bits per heavy atom. The third kappa shape index (κ3) is 6.00. The van der Waals surface area contributed by atoms with Crippen molar-refractivity contribution in [1.82, 2.24) is 9.80 Å². The molecule has 1 saturated carbocycles. The molecule has 1 amide bonds. The van der Waals surface area contributed by atoms with Crippen molar-refractivity contribution in [3.63, 3.8) is 0 Å². The van der Waals surface area contributed by atoms with Gasteiger partial charge in [-0.3, -0.25) is 9.69 Å². The van der Waals surface area contributed by atoms with Crippen LogP contribution in [0.3, 0.4) is 0 Å². The predicted octanol–water partition coefficient (Wildman–Crippen LogP) is 2.41. The lowest BCUT2D eigenvalue weighted by molar-refractivity contribution is -0.0538. The Bertz CT molecular complexity index is 967. The van der Waals surface area contributed by atoms with Gasteiger partial charge >= 0.3 is 0 Å². The molecule has 8 heteroatoms. The van der Waals surface area contributed by atoms with E-state index < -0.39 is 6.10 Å². The number of aliphatic hydroxyl groups excluding tert-OH is 1. The van der Waals surface area contributed by atoms with Gasteiger partial charge in [-0.15, -0.1) is 0 Å². The van der Waals surface area contributed by atoms with E-state index in [4.69, 9.17) is 18.9 Å². The maximum atomic E-state index is 13.4. The Morgan fingerprint density at radius 3 is 2.76 bits per heavy atom. The van der Waals surface area contributed by atoms with Crippen LogP contribution in [0.4, 0.5) is 0 Å². The highest BCUT2D eigenvalue weighted by atomic mass is 16.7. The fourth-order valence-corrected chi connectivity index (χ4v) is 4.43. The van der Waals surface area contributed by atoms with Crippen molar-refractivity contribution in [3.8, 4) is 17.2 Å². The van der Waals surface area contributed by atoms with Gasteiger partial charge in [-0.05, 0) is 49.1 Å². The van der Waals surface area contributed by atoms with Crippen molar-refractivity contribution in [2.45, 2.75) is 25.0 Å². The second-order valence-corrected chi connectivity index (χ2v) is 9.25. The Labute approximate surface area is 200 Å². The summed E-state index contributed by atoms with van der Waals surface area (Å²) in [5.41, 5.74) is 0.603. The zero-order chi connectivity index (χ0) is 23.3. The van der Waals surface area contributed by atoms with Crippen LogP contribution in [0.1, 0.15) is 23.2 Å². The van der Waals surface area contributed by atoms with E-state index in [-0.39, 0.29) is 25.4 Å². The molecule has 0 aromatic heterocycles. The minimum Gasteiger partial charge on any atom is -0.491 e. The summed E-state index contributed by atoms with van der Waals surface area (Å²) < 4.78 is 22.5. The second kappa shape index (κ2) is 10.6. The normalized spacial score (nSPS) is 20.7. The molecule has 3 aliphatic rings. The van der Waals surface area contributed by atoms with E-state index in [2.05, 4.69) is 4.90 Å². The minimum absolute atomic E-state index is 0.0118. The van der Waals surface area contributed by atoms with Crippen LogP contribution in [-0.2, 0) is 4.74 Å². The topological polar surface area (TPSA) is 80.7 Å². The second-order valence-electron chi connectivity index (χ2n) is 9.25. The van der Waals surface area contributed by atoms with Crippen LogP contribution in [-0.4, -0.2) is 85.8 Å². The molecule has 2 heterocycles. The number of nitrogens with zero attached hydrogens (tertiary/aromatic N) is 2. The molecule has 0 radical (unpaired) electrons. The molecule has 2 aliphatic heterocycles. The molecule has 2 aromatic carbocycles. The van der Waals surface area contributed by atoms with E-state index in [1.807, 2.05) is 35.2 Å². The van der Waals surface area contributed by atoms with Crippen LogP contribution in [0.25, 0.3) is 0 Å². The minimum atomic E-state index is -0.600. The predicted molar refractivity (Wildman–Crippen MR) is 125 cm³/mol. The number of aliphatic hydroxyl groups is 1. The summed E-state index contributed by atoms with van der Waals surface area (Å²) in [4.78, 5) is 17.5. The number of β-amino-alcohol motifs (C(OH)–C–C–N with tert-alkyl or cyclic N) is 1. The highest BCUT2D eigenvalue weighted by molar-refractivity contribution is 5.95. The smallest absolute Gasteiger partial charge is 0.254 e. The Morgan fingerprint density at radius 2 is 1.94 bits per heavy atom. The van der Waals surface area contributed by atoms with E-state index in [1.165, 1.54) is 0 Å². The summed E-state index contributed by atoms with van der Waals surface area (Å²) in [5.74, 6) is 2.59. The van der Waals surface area contributed by atoms with Gasteiger partial charge in [0.25, 0.3) is 5.91 Å². The van der Waals surface area contributed by atoms with Gasteiger partial charge in [0.15, 0.2) is 11.5 Å². The number of ether oxygens (including phenoxy) is 4. The average molecular weight is 469 g/mol. The van der Waals surface area contributed by atoms with Gasteiger partial charge in [-0.25, -0.2) is 0 Å². The fraction of sp³-hybridized carbons (Fsp3) is 0.500. The molecule has 2 aromatic rings. The number of amides is 1. The summed E-state index contributed by atoms with van der Waals surface area (Å²) in [6.07, 6.45) is 1.62. The molecular formula is C26H32N2O6. The van der Waals surface area contributed by atoms with Gasteiger partial charge in [0, 0.05) is 38.3 Å². The number of morpholine rings is 1. The number of hydrogen-bond acceptors (Lipinski definition) is 7. The number of rotatable bonds is 10.